The second kappa shape index (κ2) is 11.8. The molecule has 0 fully saturated rings. The van der Waals surface area contributed by atoms with E-state index in [2.05, 4.69) is 10.3 Å². The Balaban J connectivity index is 1.36. The lowest BCUT2D eigenvalue weighted by atomic mass is 9.87. The fraction of sp³-hybridized carbons (Fsp3) is 0.281. The number of aromatic nitrogens is 2. The summed E-state index contributed by atoms with van der Waals surface area (Å²) in [6, 6.07) is 18.6. The van der Waals surface area contributed by atoms with Crippen molar-refractivity contribution in [3.05, 3.63) is 102 Å². The maximum Gasteiger partial charge on any atom is 0.243 e. The fourth-order valence-electron chi connectivity index (χ4n) is 5.43. The highest BCUT2D eigenvalue weighted by Crippen LogP contribution is 2.39. The van der Waals surface area contributed by atoms with E-state index < -0.39 is 0 Å². The molecule has 3 aromatic carbocycles. The average Bonchev–Trinajstić information content (AvgIpc) is 3.49. The molecule has 4 aliphatic rings. The summed E-state index contributed by atoms with van der Waals surface area (Å²) in [5, 5.41) is 13.4. The molecule has 2 amide bonds. The molecule has 8 bridgehead atoms. The minimum atomic E-state index is -0.279. The topological polar surface area (TPSA) is 106 Å². The Labute approximate surface area is 238 Å². The molecule has 2 N–H and O–H groups in total. The number of amides is 2. The average molecular weight is 553 g/mol. The van der Waals surface area contributed by atoms with Crippen molar-refractivity contribution in [3.63, 3.8) is 0 Å². The quantitative estimate of drug-likeness (QED) is 0.382. The zero-order valence-corrected chi connectivity index (χ0v) is 22.7. The van der Waals surface area contributed by atoms with Gasteiger partial charge < -0.3 is 29.4 Å². The number of carbonyl (C=O) groups is 2. The summed E-state index contributed by atoms with van der Waals surface area (Å²) >= 11 is 0. The van der Waals surface area contributed by atoms with Crippen molar-refractivity contribution in [2.75, 3.05) is 19.7 Å². The Hall–Kier alpha value is -4.79. The van der Waals surface area contributed by atoms with Crippen LogP contribution in [-0.2, 0) is 29.0 Å². The number of benzene rings is 3. The maximum absolute atomic E-state index is 13.5. The molecule has 5 heterocycles. The molecule has 4 aromatic rings. The van der Waals surface area contributed by atoms with Gasteiger partial charge in [0.25, 0.3) is 0 Å². The number of imidazole rings is 1. The number of nitrogens with one attached hydrogen (secondary N) is 1. The second-order valence-electron chi connectivity index (χ2n) is 10.4. The number of fused-ring (bicyclic) bond motifs is 1. The van der Waals surface area contributed by atoms with E-state index in [0.717, 1.165) is 28.0 Å². The second-order valence-corrected chi connectivity index (χ2v) is 10.4. The van der Waals surface area contributed by atoms with Crippen LogP contribution < -0.4 is 14.8 Å². The van der Waals surface area contributed by atoms with Gasteiger partial charge in [-0.15, -0.1) is 0 Å². The zero-order valence-electron chi connectivity index (χ0n) is 22.7. The lowest BCUT2D eigenvalue weighted by Gasteiger charge is -2.38. The van der Waals surface area contributed by atoms with Gasteiger partial charge >= 0.3 is 0 Å². The first-order valence-electron chi connectivity index (χ1n) is 13.9. The van der Waals surface area contributed by atoms with Crippen LogP contribution in [0.15, 0.2) is 79.4 Å². The Morgan fingerprint density at radius 2 is 1.88 bits per heavy atom. The molecule has 0 spiro atoms. The van der Waals surface area contributed by atoms with Gasteiger partial charge in [0.05, 0.1) is 19.0 Å². The van der Waals surface area contributed by atoms with Gasteiger partial charge in [-0.3, -0.25) is 9.59 Å². The molecule has 0 saturated carbocycles. The Morgan fingerprint density at radius 3 is 2.71 bits per heavy atom. The number of hydrogen-bond acceptors (Lipinski definition) is 6. The number of aromatic hydroxyl groups is 1. The van der Waals surface area contributed by atoms with Gasteiger partial charge in [0.15, 0.2) is 11.5 Å². The van der Waals surface area contributed by atoms with Gasteiger partial charge in [0.2, 0.25) is 11.8 Å². The standard InChI is InChI=1S/C32H32N4O5/c37-28-10-2-22-3-11-30(38)34-13-1-17-40-25-6-4-23(5-7-25)32-27-9-8-26(41-29(28)18-22)19-24(27)12-15-36(32)31(39)20-35-16-14-33-21-35/h2,4-10,14,16,18-19,21,32,37H,1,3,11-13,15,17,20H2,(H,34,38). The van der Waals surface area contributed by atoms with Crippen molar-refractivity contribution < 1.29 is 24.2 Å². The number of phenolic OH excluding ortho intramolecular Hbond substituents is 1. The molecule has 4 aliphatic heterocycles. The first kappa shape index (κ1) is 26.4. The van der Waals surface area contributed by atoms with E-state index in [1.807, 2.05) is 47.4 Å². The van der Waals surface area contributed by atoms with Crippen LogP contribution in [0.4, 0.5) is 0 Å². The third-order valence-corrected chi connectivity index (χ3v) is 7.54. The van der Waals surface area contributed by atoms with E-state index in [-0.39, 0.29) is 30.2 Å². The van der Waals surface area contributed by atoms with E-state index >= 15 is 0 Å². The van der Waals surface area contributed by atoms with Gasteiger partial charge in [0.1, 0.15) is 18.0 Å². The first-order chi connectivity index (χ1) is 20.0. The minimum absolute atomic E-state index is 0.00797. The Morgan fingerprint density at radius 1 is 1.02 bits per heavy atom. The molecule has 9 nitrogen and oxygen atoms in total. The molecule has 210 valence electrons. The predicted molar refractivity (Wildman–Crippen MR) is 152 cm³/mol. The largest absolute Gasteiger partial charge is 0.504 e. The van der Waals surface area contributed by atoms with Gasteiger partial charge in [-0.25, -0.2) is 4.98 Å². The van der Waals surface area contributed by atoms with Crippen LogP contribution in [0, 0.1) is 0 Å². The number of nitrogens with zero attached hydrogens (tertiary/aromatic N) is 3. The van der Waals surface area contributed by atoms with Gasteiger partial charge in [0, 0.05) is 31.9 Å². The summed E-state index contributed by atoms with van der Waals surface area (Å²) in [4.78, 5) is 31.9. The molecule has 1 aromatic heterocycles. The van der Waals surface area contributed by atoms with Crippen LogP contribution in [0.25, 0.3) is 0 Å². The van der Waals surface area contributed by atoms with E-state index in [1.165, 1.54) is 0 Å². The molecule has 0 radical (unpaired) electrons. The fourth-order valence-corrected chi connectivity index (χ4v) is 5.43. The van der Waals surface area contributed by atoms with E-state index in [0.29, 0.717) is 56.9 Å². The smallest absolute Gasteiger partial charge is 0.243 e. The van der Waals surface area contributed by atoms with Crippen molar-refractivity contribution >= 4 is 11.8 Å². The van der Waals surface area contributed by atoms with Gasteiger partial charge in [-0.1, -0.05) is 24.3 Å². The normalized spacial score (nSPS) is 17.2. The monoisotopic (exact) mass is 552 g/mol. The number of hydrogen-bond donors (Lipinski definition) is 2. The van der Waals surface area contributed by atoms with Crippen molar-refractivity contribution in [2.24, 2.45) is 0 Å². The van der Waals surface area contributed by atoms with Crippen LogP contribution in [-0.4, -0.2) is 51.1 Å². The summed E-state index contributed by atoms with van der Waals surface area (Å²) in [5.74, 6) is 1.68. The number of phenols is 1. The van der Waals surface area contributed by atoms with E-state index in [1.54, 1.807) is 41.5 Å². The highest BCUT2D eigenvalue weighted by molar-refractivity contribution is 5.78. The molecule has 8 rings (SSSR count). The summed E-state index contributed by atoms with van der Waals surface area (Å²) in [6.07, 6.45) is 7.32. The number of carbonyl (C=O) groups excluding carboxylic acids is 2. The maximum atomic E-state index is 13.5. The van der Waals surface area contributed by atoms with Crippen molar-refractivity contribution in [3.8, 4) is 23.0 Å². The number of ether oxygens (including phenoxy) is 2. The molecule has 1 atom stereocenters. The lowest BCUT2D eigenvalue weighted by Crippen LogP contribution is -2.42. The van der Waals surface area contributed by atoms with Crippen LogP contribution in [0.3, 0.4) is 0 Å². The van der Waals surface area contributed by atoms with Crippen molar-refractivity contribution in [1.29, 1.82) is 0 Å². The number of aryl methyl sites for hydroxylation is 1. The molecule has 0 aliphatic carbocycles. The third-order valence-electron chi connectivity index (χ3n) is 7.54. The lowest BCUT2D eigenvalue weighted by molar-refractivity contribution is -0.134. The van der Waals surface area contributed by atoms with Crippen LogP contribution in [0.1, 0.15) is 41.1 Å². The van der Waals surface area contributed by atoms with Gasteiger partial charge in [-0.05, 0) is 77.9 Å². The molecular formula is C32H32N4O5. The van der Waals surface area contributed by atoms with Crippen molar-refractivity contribution in [2.45, 2.75) is 38.3 Å². The van der Waals surface area contributed by atoms with Crippen LogP contribution >= 0.6 is 0 Å². The van der Waals surface area contributed by atoms with E-state index in [9.17, 15) is 14.7 Å². The van der Waals surface area contributed by atoms with Crippen molar-refractivity contribution in [1.82, 2.24) is 19.8 Å². The highest BCUT2D eigenvalue weighted by Gasteiger charge is 2.32. The van der Waals surface area contributed by atoms with Gasteiger partial charge in [-0.2, -0.15) is 0 Å². The first-order valence-corrected chi connectivity index (χ1v) is 13.9. The summed E-state index contributed by atoms with van der Waals surface area (Å²) in [7, 11) is 0. The Kier molecular flexibility index (Phi) is 7.58. The molecule has 41 heavy (non-hydrogen) atoms. The summed E-state index contributed by atoms with van der Waals surface area (Å²) in [6.45, 7) is 1.76. The molecule has 0 saturated heterocycles. The third kappa shape index (κ3) is 6.04. The van der Waals surface area contributed by atoms with Crippen LogP contribution in [0.2, 0.25) is 0 Å². The molecule has 1 unspecified atom stereocenters. The molecule has 9 heteroatoms. The molecular weight excluding hydrogens is 520 g/mol. The summed E-state index contributed by atoms with van der Waals surface area (Å²) < 4.78 is 13.8. The van der Waals surface area contributed by atoms with Crippen LogP contribution in [0.5, 0.6) is 23.0 Å². The SMILES string of the molecule is O=C1CCc2ccc(O)c(c2)Oc2ccc3c(c2)CCN(C(=O)Cn2ccnc2)C3c2ccc(cc2)OCCCN1. The highest BCUT2D eigenvalue weighted by atomic mass is 16.5. The van der Waals surface area contributed by atoms with E-state index in [4.69, 9.17) is 9.47 Å². The minimum Gasteiger partial charge on any atom is -0.504 e. The predicted octanol–water partition coefficient (Wildman–Crippen LogP) is 4.39. The zero-order chi connectivity index (χ0) is 28.2. The number of rotatable bonds is 2. The summed E-state index contributed by atoms with van der Waals surface area (Å²) in [5.41, 5.74) is 3.99. The Bertz CT molecular complexity index is 1530.